The van der Waals surface area contributed by atoms with Crippen LogP contribution in [-0.4, -0.2) is 18.1 Å². The number of pyridine rings is 1. The highest BCUT2D eigenvalue weighted by Crippen LogP contribution is 2.33. The van der Waals surface area contributed by atoms with E-state index in [9.17, 15) is 9.18 Å². The van der Waals surface area contributed by atoms with Crippen LogP contribution in [0.4, 0.5) is 14.9 Å². The number of nitrogens with one attached hydrogen (secondary N) is 2. The lowest BCUT2D eigenvalue weighted by atomic mass is 9.95. The average molecular weight is 415 g/mol. The third-order valence-corrected chi connectivity index (χ3v) is 5.14. The average Bonchev–Trinajstić information content (AvgIpc) is 2.77. The predicted octanol–water partition coefficient (Wildman–Crippen LogP) is 5.68. The molecule has 156 valence electrons. The molecule has 0 fully saturated rings. The van der Waals surface area contributed by atoms with Gasteiger partial charge in [0, 0.05) is 30.0 Å². The second kappa shape index (κ2) is 8.83. The molecule has 5 nitrogen and oxygen atoms in total. The van der Waals surface area contributed by atoms with E-state index in [4.69, 9.17) is 4.74 Å². The van der Waals surface area contributed by atoms with E-state index in [1.165, 1.54) is 12.1 Å². The highest BCUT2D eigenvalue weighted by Gasteiger charge is 2.11. The predicted molar refractivity (Wildman–Crippen MR) is 121 cm³/mol. The Morgan fingerprint density at radius 3 is 2.71 bits per heavy atom. The van der Waals surface area contributed by atoms with Crippen LogP contribution >= 0.6 is 0 Å². The molecule has 0 aliphatic rings. The standard InChI is InChI=1S/C25H22FN3O2/c1-16-12-17(7-9-24(16)31-2)21-8-6-18(23-15-27-11-10-22(21)23)14-28-25(30)29-20-5-3-4-19(26)13-20/h3-13,15H,14H2,1-2H3,(H2,28,29,30). The maximum atomic E-state index is 13.3. The number of hydrogen-bond acceptors (Lipinski definition) is 3. The van der Waals surface area contributed by atoms with E-state index in [2.05, 4.69) is 21.7 Å². The van der Waals surface area contributed by atoms with Gasteiger partial charge < -0.3 is 15.4 Å². The van der Waals surface area contributed by atoms with Gasteiger partial charge in [-0.1, -0.05) is 24.3 Å². The van der Waals surface area contributed by atoms with Crippen LogP contribution in [0.3, 0.4) is 0 Å². The number of aryl methyl sites for hydroxylation is 1. The van der Waals surface area contributed by atoms with Crippen molar-refractivity contribution in [3.05, 3.63) is 90.0 Å². The summed E-state index contributed by atoms with van der Waals surface area (Å²) in [6, 6.07) is 17.5. The monoisotopic (exact) mass is 415 g/mol. The number of methoxy groups -OCH3 is 1. The maximum Gasteiger partial charge on any atom is 0.319 e. The molecule has 0 saturated carbocycles. The van der Waals surface area contributed by atoms with Crippen molar-refractivity contribution in [3.63, 3.8) is 0 Å². The van der Waals surface area contributed by atoms with Crippen molar-refractivity contribution in [2.45, 2.75) is 13.5 Å². The lowest BCUT2D eigenvalue weighted by Gasteiger charge is -2.14. The van der Waals surface area contributed by atoms with E-state index in [0.717, 1.165) is 38.8 Å². The van der Waals surface area contributed by atoms with Crippen LogP contribution in [0.2, 0.25) is 0 Å². The number of halogens is 1. The number of carbonyl (C=O) groups excluding carboxylic acids is 1. The minimum absolute atomic E-state index is 0.311. The Hall–Kier alpha value is -3.93. The van der Waals surface area contributed by atoms with Gasteiger partial charge in [0.15, 0.2) is 0 Å². The number of aromatic nitrogens is 1. The second-order valence-electron chi connectivity index (χ2n) is 7.20. The minimum Gasteiger partial charge on any atom is -0.496 e. The normalized spacial score (nSPS) is 10.7. The number of amides is 2. The van der Waals surface area contributed by atoms with Crippen molar-refractivity contribution in [1.29, 1.82) is 0 Å². The first-order valence-corrected chi connectivity index (χ1v) is 9.86. The van der Waals surface area contributed by atoms with E-state index in [1.807, 2.05) is 37.3 Å². The first-order chi connectivity index (χ1) is 15.0. The Kier molecular flexibility index (Phi) is 5.80. The van der Waals surface area contributed by atoms with E-state index in [-0.39, 0.29) is 0 Å². The van der Waals surface area contributed by atoms with Crippen molar-refractivity contribution in [3.8, 4) is 16.9 Å². The third kappa shape index (κ3) is 4.48. The smallest absolute Gasteiger partial charge is 0.319 e. The number of anilines is 1. The molecule has 1 heterocycles. The van der Waals surface area contributed by atoms with Crippen molar-refractivity contribution < 1.29 is 13.9 Å². The molecule has 31 heavy (non-hydrogen) atoms. The zero-order valence-electron chi connectivity index (χ0n) is 17.3. The topological polar surface area (TPSA) is 63.2 Å². The van der Waals surface area contributed by atoms with Crippen LogP contribution in [0.15, 0.2) is 73.1 Å². The summed E-state index contributed by atoms with van der Waals surface area (Å²) in [4.78, 5) is 16.5. The molecule has 3 aromatic carbocycles. The first-order valence-electron chi connectivity index (χ1n) is 9.86. The van der Waals surface area contributed by atoms with Crippen LogP contribution in [0.25, 0.3) is 21.9 Å². The summed E-state index contributed by atoms with van der Waals surface area (Å²) >= 11 is 0. The molecule has 4 aromatic rings. The number of fused-ring (bicyclic) bond motifs is 1. The van der Waals surface area contributed by atoms with Gasteiger partial charge in [-0.15, -0.1) is 0 Å². The summed E-state index contributed by atoms with van der Waals surface area (Å²) in [6.45, 7) is 2.33. The first kappa shape index (κ1) is 20.3. The van der Waals surface area contributed by atoms with Gasteiger partial charge in [0.05, 0.1) is 7.11 Å². The summed E-state index contributed by atoms with van der Waals surface area (Å²) in [5.74, 6) is 0.444. The quantitative estimate of drug-likeness (QED) is 0.441. The maximum absolute atomic E-state index is 13.3. The van der Waals surface area contributed by atoms with Gasteiger partial charge in [0.2, 0.25) is 0 Å². The van der Waals surface area contributed by atoms with E-state index in [0.29, 0.717) is 12.2 Å². The number of benzene rings is 3. The molecule has 0 bridgehead atoms. The minimum atomic E-state index is -0.405. The van der Waals surface area contributed by atoms with Crippen molar-refractivity contribution in [2.75, 3.05) is 12.4 Å². The van der Waals surface area contributed by atoms with Crippen molar-refractivity contribution >= 4 is 22.5 Å². The van der Waals surface area contributed by atoms with Gasteiger partial charge in [-0.05, 0) is 71.0 Å². The zero-order valence-corrected chi connectivity index (χ0v) is 17.3. The largest absolute Gasteiger partial charge is 0.496 e. The molecule has 1 aromatic heterocycles. The molecule has 0 saturated heterocycles. The fraction of sp³-hybridized carbons (Fsp3) is 0.120. The molecular weight excluding hydrogens is 393 g/mol. The van der Waals surface area contributed by atoms with Crippen molar-refractivity contribution in [2.24, 2.45) is 0 Å². The Balaban J connectivity index is 1.58. The number of ether oxygens (including phenoxy) is 1. The molecule has 0 atom stereocenters. The molecule has 0 aliphatic carbocycles. The van der Waals surface area contributed by atoms with Crippen LogP contribution in [0.5, 0.6) is 5.75 Å². The Morgan fingerprint density at radius 2 is 1.94 bits per heavy atom. The molecule has 2 amide bonds. The SMILES string of the molecule is COc1ccc(-c2ccc(CNC(=O)Nc3cccc(F)c3)c3cnccc23)cc1C. The molecule has 6 heteroatoms. The molecule has 0 unspecified atom stereocenters. The highest BCUT2D eigenvalue weighted by molar-refractivity contribution is 5.98. The zero-order chi connectivity index (χ0) is 21.8. The summed E-state index contributed by atoms with van der Waals surface area (Å²) in [5, 5.41) is 7.47. The summed E-state index contributed by atoms with van der Waals surface area (Å²) in [6.07, 6.45) is 3.56. The lowest BCUT2D eigenvalue weighted by Crippen LogP contribution is -2.28. The van der Waals surface area contributed by atoms with Gasteiger partial charge in [0.25, 0.3) is 0 Å². The molecule has 0 spiro atoms. The van der Waals surface area contributed by atoms with Gasteiger partial charge >= 0.3 is 6.03 Å². The van der Waals surface area contributed by atoms with E-state index < -0.39 is 11.8 Å². The molecule has 0 radical (unpaired) electrons. The number of urea groups is 1. The van der Waals surface area contributed by atoms with Crippen LogP contribution < -0.4 is 15.4 Å². The Labute approximate surface area is 179 Å². The second-order valence-corrected chi connectivity index (χ2v) is 7.20. The lowest BCUT2D eigenvalue weighted by molar-refractivity contribution is 0.252. The fourth-order valence-corrected chi connectivity index (χ4v) is 3.62. The molecular formula is C25H22FN3O2. The summed E-state index contributed by atoms with van der Waals surface area (Å²) in [5.41, 5.74) is 4.55. The van der Waals surface area contributed by atoms with Crippen LogP contribution in [0, 0.1) is 12.7 Å². The Bertz CT molecular complexity index is 1260. The van der Waals surface area contributed by atoms with E-state index >= 15 is 0 Å². The Morgan fingerprint density at radius 1 is 1.06 bits per heavy atom. The number of carbonyl (C=O) groups is 1. The number of hydrogen-bond donors (Lipinski definition) is 2. The molecule has 2 N–H and O–H groups in total. The van der Waals surface area contributed by atoms with Gasteiger partial charge in [-0.25, -0.2) is 9.18 Å². The molecule has 0 aliphatic heterocycles. The highest BCUT2D eigenvalue weighted by atomic mass is 19.1. The molecule has 4 rings (SSSR count). The van der Waals surface area contributed by atoms with Crippen molar-refractivity contribution in [1.82, 2.24) is 10.3 Å². The number of rotatable bonds is 5. The number of nitrogens with zero attached hydrogens (tertiary/aromatic N) is 1. The summed E-state index contributed by atoms with van der Waals surface area (Å²) < 4.78 is 18.7. The van der Waals surface area contributed by atoms with E-state index in [1.54, 1.807) is 31.6 Å². The van der Waals surface area contributed by atoms with Crippen LogP contribution in [-0.2, 0) is 6.54 Å². The van der Waals surface area contributed by atoms with Gasteiger partial charge in [-0.2, -0.15) is 0 Å². The fourth-order valence-electron chi connectivity index (χ4n) is 3.62. The van der Waals surface area contributed by atoms with Gasteiger partial charge in [0.1, 0.15) is 11.6 Å². The van der Waals surface area contributed by atoms with Gasteiger partial charge in [-0.3, -0.25) is 4.98 Å². The summed E-state index contributed by atoms with van der Waals surface area (Å²) in [7, 11) is 1.66. The third-order valence-electron chi connectivity index (χ3n) is 5.14. The van der Waals surface area contributed by atoms with Crippen LogP contribution in [0.1, 0.15) is 11.1 Å².